The van der Waals surface area contributed by atoms with Crippen LogP contribution in [0.1, 0.15) is 22.3 Å². The SMILES string of the molecule is Cc1cc2nc3c4ccc5c6ccc7c8c(ccc(c9ccc(c(=O)n3c2cc1C)c4c95)c68)c(=O)n1c2cc(C)c(C)cc2nc71. The quantitative estimate of drug-likeness (QED) is 0.131. The molecule has 0 unspecified atom stereocenters. The maximum atomic E-state index is 14.2. The van der Waals surface area contributed by atoms with E-state index in [4.69, 9.17) is 9.97 Å². The predicted molar refractivity (Wildman–Crippen MR) is 189 cm³/mol. The van der Waals surface area contributed by atoms with Crippen molar-refractivity contribution in [2.24, 2.45) is 0 Å². The minimum Gasteiger partial charge on any atom is -0.268 e. The first kappa shape index (κ1) is 24.4. The maximum Gasteiger partial charge on any atom is 0.264 e. The van der Waals surface area contributed by atoms with Crippen LogP contribution in [0.2, 0.25) is 0 Å². The van der Waals surface area contributed by atoms with Crippen molar-refractivity contribution in [2.75, 3.05) is 0 Å². The number of benzene rings is 7. The Hall–Kier alpha value is -5.88. The number of hydrogen-bond donors (Lipinski definition) is 0. The van der Waals surface area contributed by atoms with E-state index in [0.29, 0.717) is 22.1 Å². The minimum atomic E-state index is -0.0528. The molecule has 0 saturated heterocycles. The molecule has 0 saturated carbocycles. The molecule has 11 rings (SSSR count). The van der Waals surface area contributed by atoms with Crippen LogP contribution in [0.5, 0.6) is 0 Å². The van der Waals surface area contributed by atoms with Crippen molar-refractivity contribution in [3.63, 3.8) is 0 Å². The second-order valence-electron chi connectivity index (χ2n) is 13.1. The lowest BCUT2D eigenvalue weighted by Crippen LogP contribution is -2.14. The third-order valence-electron chi connectivity index (χ3n) is 10.8. The third-order valence-corrected chi connectivity index (χ3v) is 10.8. The molecule has 11 aromatic rings. The fraction of sp³-hybridized carbons (Fsp3) is 0.100. The van der Waals surface area contributed by atoms with Gasteiger partial charge in [-0.1, -0.05) is 24.3 Å². The summed E-state index contributed by atoms with van der Waals surface area (Å²) in [5.41, 5.74) is 9.18. The van der Waals surface area contributed by atoms with Crippen molar-refractivity contribution in [1.29, 1.82) is 0 Å². The molecule has 0 atom stereocenters. The maximum absolute atomic E-state index is 14.2. The van der Waals surface area contributed by atoms with Gasteiger partial charge >= 0.3 is 0 Å². The van der Waals surface area contributed by atoms with Gasteiger partial charge in [-0.25, -0.2) is 9.97 Å². The average molecular weight is 593 g/mol. The summed E-state index contributed by atoms with van der Waals surface area (Å²) in [5, 5.41) is 11.6. The van der Waals surface area contributed by atoms with E-state index in [1.54, 1.807) is 8.80 Å². The Balaban J connectivity index is 1.35. The van der Waals surface area contributed by atoms with Gasteiger partial charge in [-0.2, -0.15) is 0 Å². The number of imidazole rings is 2. The van der Waals surface area contributed by atoms with E-state index < -0.39 is 0 Å². The van der Waals surface area contributed by atoms with Gasteiger partial charge in [0.15, 0.2) is 0 Å². The zero-order valence-corrected chi connectivity index (χ0v) is 25.5. The van der Waals surface area contributed by atoms with Crippen molar-refractivity contribution < 1.29 is 0 Å². The largest absolute Gasteiger partial charge is 0.268 e. The van der Waals surface area contributed by atoms with E-state index in [9.17, 15) is 9.59 Å². The Labute approximate surface area is 259 Å². The fourth-order valence-electron chi connectivity index (χ4n) is 8.30. The van der Waals surface area contributed by atoms with Crippen LogP contribution in [0.15, 0.2) is 82.4 Å². The first-order valence-corrected chi connectivity index (χ1v) is 15.6. The van der Waals surface area contributed by atoms with Crippen LogP contribution in [0, 0.1) is 27.7 Å². The molecule has 6 heteroatoms. The highest BCUT2D eigenvalue weighted by atomic mass is 16.1. The molecule has 4 aromatic heterocycles. The molecular weight excluding hydrogens is 568 g/mol. The van der Waals surface area contributed by atoms with Gasteiger partial charge in [-0.15, -0.1) is 0 Å². The van der Waals surface area contributed by atoms with Gasteiger partial charge in [0, 0.05) is 32.3 Å². The Bertz CT molecular complexity index is 3090. The van der Waals surface area contributed by atoms with Crippen molar-refractivity contribution in [1.82, 2.24) is 18.8 Å². The second kappa shape index (κ2) is 7.66. The summed E-state index contributed by atoms with van der Waals surface area (Å²) in [6, 6.07) is 25.0. The molecule has 0 aliphatic carbocycles. The van der Waals surface area contributed by atoms with E-state index in [2.05, 4.69) is 88.4 Å². The number of fused-ring (bicyclic) bond motifs is 10. The fourth-order valence-corrected chi connectivity index (χ4v) is 8.30. The summed E-state index contributed by atoms with van der Waals surface area (Å²) >= 11 is 0. The first-order valence-electron chi connectivity index (χ1n) is 15.6. The molecule has 0 spiro atoms. The van der Waals surface area contributed by atoms with Crippen LogP contribution in [0.3, 0.4) is 0 Å². The summed E-state index contributed by atoms with van der Waals surface area (Å²) in [7, 11) is 0. The first-order chi connectivity index (χ1) is 22.3. The minimum absolute atomic E-state index is 0.0528. The Kier molecular flexibility index (Phi) is 4.07. The Morgan fingerprint density at radius 1 is 0.413 bits per heavy atom. The van der Waals surface area contributed by atoms with Crippen molar-refractivity contribution in [3.8, 4) is 0 Å². The van der Waals surface area contributed by atoms with Gasteiger partial charge in [0.05, 0.1) is 22.1 Å². The molecule has 0 bridgehead atoms. The van der Waals surface area contributed by atoms with Crippen LogP contribution in [0.25, 0.3) is 98.0 Å². The summed E-state index contributed by atoms with van der Waals surface area (Å²) in [4.78, 5) is 38.4. The lowest BCUT2D eigenvalue weighted by atomic mass is 9.86. The summed E-state index contributed by atoms with van der Waals surface area (Å²) in [6.07, 6.45) is 0. The normalized spacial score (nSPS) is 13.0. The van der Waals surface area contributed by atoms with E-state index in [0.717, 1.165) is 98.2 Å². The zero-order valence-electron chi connectivity index (χ0n) is 25.5. The number of hydrogen-bond acceptors (Lipinski definition) is 4. The molecule has 4 heterocycles. The van der Waals surface area contributed by atoms with Crippen LogP contribution in [-0.4, -0.2) is 18.8 Å². The molecule has 0 radical (unpaired) electrons. The predicted octanol–water partition coefficient (Wildman–Crippen LogP) is 8.48. The van der Waals surface area contributed by atoms with Crippen molar-refractivity contribution in [2.45, 2.75) is 27.7 Å². The van der Waals surface area contributed by atoms with Crippen molar-refractivity contribution >= 4 is 98.0 Å². The molecule has 0 fully saturated rings. The van der Waals surface area contributed by atoms with Gasteiger partial charge in [-0.05, 0) is 131 Å². The highest BCUT2D eigenvalue weighted by molar-refractivity contribution is 6.40. The molecule has 0 amide bonds. The summed E-state index contributed by atoms with van der Waals surface area (Å²) < 4.78 is 3.56. The molecule has 7 aromatic carbocycles. The number of aryl methyl sites for hydroxylation is 4. The highest BCUT2D eigenvalue weighted by Crippen LogP contribution is 2.45. The third kappa shape index (κ3) is 2.60. The van der Waals surface area contributed by atoms with Crippen LogP contribution in [0.4, 0.5) is 0 Å². The van der Waals surface area contributed by atoms with Gasteiger partial charge in [0.25, 0.3) is 11.1 Å². The lowest BCUT2D eigenvalue weighted by Gasteiger charge is -2.18. The number of aromatic nitrogens is 4. The zero-order chi connectivity index (χ0) is 30.9. The Morgan fingerprint density at radius 2 is 0.717 bits per heavy atom. The monoisotopic (exact) mass is 592 g/mol. The number of rotatable bonds is 0. The average Bonchev–Trinajstić information content (AvgIpc) is 3.60. The lowest BCUT2D eigenvalue weighted by molar-refractivity contribution is 1.18. The number of pyridine rings is 2. The van der Waals surface area contributed by atoms with Gasteiger partial charge < -0.3 is 0 Å². The van der Waals surface area contributed by atoms with Crippen LogP contribution in [-0.2, 0) is 0 Å². The molecule has 0 aliphatic rings. The van der Waals surface area contributed by atoms with Crippen molar-refractivity contribution in [3.05, 3.63) is 116 Å². The van der Waals surface area contributed by atoms with Crippen LogP contribution < -0.4 is 11.1 Å². The van der Waals surface area contributed by atoms with E-state index in [1.165, 1.54) is 0 Å². The van der Waals surface area contributed by atoms with E-state index in [1.807, 2.05) is 12.1 Å². The molecular formula is C40H24N4O2. The standard InChI is InChI=1S/C40H24N4O2/c1-17-13-29-31(15-19(17)3)43-37(41-29)25-9-5-21-22-6-10-26-36-28(40(46)44-32-16-20(4)18(2)14-30(32)42-38(26)44)12-8-24(34(22)36)23-7-11-27(39(43)45)35(25)33(21)23/h5-16H,1-4H3. The van der Waals surface area contributed by atoms with E-state index >= 15 is 0 Å². The smallest absolute Gasteiger partial charge is 0.264 e. The number of nitrogens with zero attached hydrogens (tertiary/aromatic N) is 4. The Morgan fingerprint density at radius 3 is 1.11 bits per heavy atom. The molecule has 216 valence electrons. The second-order valence-corrected chi connectivity index (χ2v) is 13.1. The van der Waals surface area contributed by atoms with Gasteiger partial charge in [0.2, 0.25) is 0 Å². The molecule has 46 heavy (non-hydrogen) atoms. The van der Waals surface area contributed by atoms with Crippen LogP contribution >= 0.6 is 0 Å². The summed E-state index contributed by atoms with van der Waals surface area (Å²) in [6.45, 7) is 8.29. The van der Waals surface area contributed by atoms with E-state index in [-0.39, 0.29) is 11.1 Å². The molecule has 0 N–H and O–H groups in total. The highest BCUT2D eigenvalue weighted by Gasteiger charge is 2.24. The molecule has 0 aliphatic heterocycles. The topological polar surface area (TPSA) is 68.7 Å². The molecule has 6 nitrogen and oxygen atoms in total. The van der Waals surface area contributed by atoms with Gasteiger partial charge in [-0.3, -0.25) is 18.4 Å². The van der Waals surface area contributed by atoms with Gasteiger partial charge in [0.1, 0.15) is 11.3 Å². The summed E-state index contributed by atoms with van der Waals surface area (Å²) in [5.74, 6) is 0.